The SMILES string of the molecule is CCCCCC/C=C/C(OCc1ccccc1)[Si](C)(C)C. The number of allylic oxidation sites excluding steroid dienone is 1. The van der Waals surface area contributed by atoms with Crippen LogP contribution >= 0.6 is 0 Å². The van der Waals surface area contributed by atoms with Crippen LogP contribution in [0.5, 0.6) is 0 Å². The van der Waals surface area contributed by atoms with E-state index in [1.165, 1.54) is 37.7 Å². The van der Waals surface area contributed by atoms with Gasteiger partial charge < -0.3 is 4.74 Å². The van der Waals surface area contributed by atoms with Crippen LogP contribution in [0.1, 0.15) is 44.6 Å². The van der Waals surface area contributed by atoms with Crippen LogP contribution in [0.3, 0.4) is 0 Å². The third-order valence-electron chi connectivity index (χ3n) is 3.66. The number of hydrogen-bond donors (Lipinski definition) is 0. The van der Waals surface area contributed by atoms with E-state index in [-0.39, 0.29) is 0 Å². The molecule has 0 saturated heterocycles. The van der Waals surface area contributed by atoms with Gasteiger partial charge in [-0.05, 0) is 18.4 Å². The lowest BCUT2D eigenvalue weighted by Crippen LogP contribution is -2.38. The molecule has 0 amide bonds. The molecule has 0 fully saturated rings. The van der Waals surface area contributed by atoms with Crippen LogP contribution in [-0.2, 0) is 11.3 Å². The van der Waals surface area contributed by atoms with Gasteiger partial charge in [0.15, 0.2) is 0 Å². The minimum Gasteiger partial charge on any atom is -0.373 e. The number of hydrogen-bond acceptors (Lipinski definition) is 1. The van der Waals surface area contributed by atoms with Crippen molar-refractivity contribution in [3.8, 4) is 0 Å². The maximum absolute atomic E-state index is 6.20. The van der Waals surface area contributed by atoms with Crippen molar-refractivity contribution in [1.82, 2.24) is 0 Å². The molecule has 0 saturated carbocycles. The van der Waals surface area contributed by atoms with Crippen molar-refractivity contribution in [2.45, 2.75) is 71.0 Å². The van der Waals surface area contributed by atoms with E-state index >= 15 is 0 Å². The summed E-state index contributed by atoms with van der Waals surface area (Å²) in [6.45, 7) is 10.1. The lowest BCUT2D eigenvalue weighted by Gasteiger charge is -2.26. The number of ether oxygens (including phenoxy) is 1. The minimum absolute atomic E-state index is 0.309. The van der Waals surface area contributed by atoms with Crippen LogP contribution in [0.2, 0.25) is 19.6 Å². The monoisotopic (exact) mass is 304 g/mol. The molecule has 0 N–H and O–H groups in total. The lowest BCUT2D eigenvalue weighted by molar-refractivity contribution is 0.114. The van der Waals surface area contributed by atoms with Crippen molar-refractivity contribution in [2.75, 3.05) is 0 Å². The highest BCUT2D eigenvalue weighted by Gasteiger charge is 2.25. The molecule has 0 aliphatic carbocycles. The van der Waals surface area contributed by atoms with Gasteiger partial charge in [-0.2, -0.15) is 0 Å². The second-order valence-electron chi connectivity index (χ2n) is 6.86. The van der Waals surface area contributed by atoms with Gasteiger partial charge >= 0.3 is 0 Å². The van der Waals surface area contributed by atoms with Crippen LogP contribution in [0, 0.1) is 0 Å². The standard InChI is InChI=1S/C19H32OSi/c1-5-6-7-8-9-13-16-19(21(2,3)4)20-17-18-14-11-10-12-15-18/h10-16,19H,5-9,17H2,1-4H3/b16-13+. The van der Waals surface area contributed by atoms with Crippen molar-refractivity contribution in [3.63, 3.8) is 0 Å². The first kappa shape index (κ1) is 18.2. The van der Waals surface area contributed by atoms with Crippen LogP contribution in [0.4, 0.5) is 0 Å². The molecule has 0 aliphatic rings. The van der Waals surface area contributed by atoms with Crippen LogP contribution in [0.15, 0.2) is 42.5 Å². The topological polar surface area (TPSA) is 9.23 Å². The summed E-state index contributed by atoms with van der Waals surface area (Å²) in [5.74, 6) is 0. The van der Waals surface area contributed by atoms with E-state index in [0.29, 0.717) is 5.73 Å². The first-order chi connectivity index (χ1) is 10.0. The largest absolute Gasteiger partial charge is 0.373 e. The van der Waals surface area contributed by atoms with Crippen LogP contribution in [0.25, 0.3) is 0 Å². The lowest BCUT2D eigenvalue weighted by atomic mass is 10.1. The highest BCUT2D eigenvalue weighted by atomic mass is 28.3. The third-order valence-corrected chi connectivity index (χ3v) is 5.73. The number of unbranched alkanes of at least 4 members (excludes halogenated alkanes) is 4. The molecule has 0 radical (unpaired) electrons. The molecule has 1 atom stereocenters. The van der Waals surface area contributed by atoms with Crippen LogP contribution < -0.4 is 0 Å². The second-order valence-corrected chi connectivity index (χ2v) is 12.2. The molecule has 0 aromatic heterocycles. The Morgan fingerprint density at radius 1 is 1.05 bits per heavy atom. The molecule has 1 aromatic carbocycles. The summed E-state index contributed by atoms with van der Waals surface area (Å²) in [4.78, 5) is 0. The highest BCUT2D eigenvalue weighted by molar-refractivity contribution is 6.77. The highest BCUT2D eigenvalue weighted by Crippen LogP contribution is 2.16. The summed E-state index contributed by atoms with van der Waals surface area (Å²) in [6.07, 6.45) is 11.2. The summed E-state index contributed by atoms with van der Waals surface area (Å²) in [5.41, 5.74) is 1.57. The Hall–Kier alpha value is -0.863. The van der Waals surface area contributed by atoms with Crippen molar-refractivity contribution in [3.05, 3.63) is 48.0 Å². The summed E-state index contributed by atoms with van der Waals surface area (Å²) in [6, 6.07) is 10.5. The molecule has 0 bridgehead atoms. The van der Waals surface area contributed by atoms with E-state index in [2.05, 4.69) is 69.0 Å². The van der Waals surface area contributed by atoms with Crippen molar-refractivity contribution in [1.29, 1.82) is 0 Å². The number of benzene rings is 1. The molecule has 1 rings (SSSR count). The summed E-state index contributed by atoms with van der Waals surface area (Å²) in [5, 5.41) is 0. The van der Waals surface area contributed by atoms with Gasteiger partial charge in [-0.1, -0.05) is 88.3 Å². The second kappa shape index (κ2) is 9.96. The van der Waals surface area contributed by atoms with E-state index < -0.39 is 8.07 Å². The smallest absolute Gasteiger partial charge is 0.0834 e. The zero-order chi connectivity index (χ0) is 15.6. The van der Waals surface area contributed by atoms with E-state index in [4.69, 9.17) is 4.74 Å². The van der Waals surface area contributed by atoms with E-state index in [1.807, 2.05) is 0 Å². The van der Waals surface area contributed by atoms with Crippen LogP contribution in [-0.4, -0.2) is 13.8 Å². The quantitative estimate of drug-likeness (QED) is 0.294. The van der Waals surface area contributed by atoms with Gasteiger partial charge in [-0.3, -0.25) is 0 Å². The Morgan fingerprint density at radius 2 is 1.76 bits per heavy atom. The fourth-order valence-electron chi connectivity index (χ4n) is 2.26. The predicted octanol–water partition coefficient (Wildman–Crippen LogP) is 5.98. The van der Waals surface area contributed by atoms with Crippen molar-refractivity contribution >= 4 is 8.07 Å². The van der Waals surface area contributed by atoms with Gasteiger partial charge in [0, 0.05) is 0 Å². The summed E-state index contributed by atoms with van der Waals surface area (Å²) < 4.78 is 6.20. The molecule has 2 heteroatoms. The predicted molar refractivity (Wildman–Crippen MR) is 96.3 cm³/mol. The van der Waals surface area contributed by atoms with Gasteiger partial charge in [-0.15, -0.1) is 0 Å². The Bertz CT molecular complexity index is 392. The summed E-state index contributed by atoms with van der Waals surface area (Å²) in [7, 11) is -1.32. The molecule has 118 valence electrons. The maximum atomic E-state index is 6.20. The molecule has 1 aromatic rings. The van der Waals surface area contributed by atoms with Crippen molar-refractivity contribution in [2.24, 2.45) is 0 Å². The zero-order valence-electron chi connectivity index (χ0n) is 14.3. The van der Waals surface area contributed by atoms with E-state index in [1.54, 1.807) is 0 Å². The molecule has 0 aliphatic heterocycles. The van der Waals surface area contributed by atoms with Crippen molar-refractivity contribution < 1.29 is 4.74 Å². The van der Waals surface area contributed by atoms with Gasteiger partial charge in [-0.25, -0.2) is 0 Å². The Labute approximate surface area is 132 Å². The fourth-order valence-corrected chi connectivity index (χ4v) is 3.56. The first-order valence-electron chi connectivity index (χ1n) is 8.36. The normalized spacial score (nSPS) is 13.7. The molecule has 1 nitrogen and oxygen atoms in total. The Morgan fingerprint density at radius 3 is 2.38 bits per heavy atom. The number of rotatable bonds is 10. The maximum Gasteiger partial charge on any atom is 0.0834 e. The molecule has 0 spiro atoms. The molecular weight excluding hydrogens is 272 g/mol. The van der Waals surface area contributed by atoms with Gasteiger partial charge in [0.2, 0.25) is 0 Å². The minimum atomic E-state index is -1.32. The Kier molecular flexibility index (Phi) is 8.63. The molecular formula is C19H32OSi. The summed E-state index contributed by atoms with van der Waals surface area (Å²) >= 11 is 0. The van der Waals surface area contributed by atoms with Gasteiger partial charge in [0.05, 0.1) is 20.4 Å². The Balaban J connectivity index is 2.43. The molecule has 21 heavy (non-hydrogen) atoms. The van der Waals surface area contributed by atoms with Gasteiger partial charge in [0.25, 0.3) is 0 Å². The third kappa shape index (κ3) is 8.23. The fraction of sp³-hybridized carbons (Fsp3) is 0.579. The first-order valence-corrected chi connectivity index (χ1v) is 11.9. The zero-order valence-corrected chi connectivity index (χ0v) is 15.3. The van der Waals surface area contributed by atoms with E-state index in [0.717, 1.165) is 6.61 Å². The molecule has 0 heterocycles. The molecule has 1 unspecified atom stereocenters. The van der Waals surface area contributed by atoms with E-state index in [9.17, 15) is 0 Å². The average molecular weight is 305 g/mol. The van der Waals surface area contributed by atoms with Gasteiger partial charge in [0.1, 0.15) is 0 Å². The average Bonchev–Trinajstić information content (AvgIpc) is 2.45.